The van der Waals surface area contributed by atoms with Gasteiger partial charge in [0, 0.05) is 6.20 Å². The fraction of sp³-hybridized carbons (Fsp3) is 0.222. The number of carbonyl (C=O) groups is 3. The summed E-state index contributed by atoms with van der Waals surface area (Å²) in [7, 11) is 1.51. The first kappa shape index (κ1) is 25.2. The minimum absolute atomic E-state index is 0.123. The number of aliphatic hydroxyl groups is 1. The predicted octanol–water partition coefficient (Wildman–Crippen LogP) is 4.22. The maximum atomic E-state index is 13.6. The van der Waals surface area contributed by atoms with E-state index in [-0.39, 0.29) is 27.9 Å². The van der Waals surface area contributed by atoms with Gasteiger partial charge < -0.3 is 14.6 Å². The topological polar surface area (TPSA) is 123 Å². The van der Waals surface area contributed by atoms with Crippen molar-refractivity contribution in [2.45, 2.75) is 26.8 Å². The molecule has 1 amide bonds. The molecule has 1 aliphatic rings. The van der Waals surface area contributed by atoms with E-state index in [0.717, 1.165) is 11.3 Å². The Balaban J connectivity index is 1.75. The normalized spacial score (nSPS) is 16.8. The van der Waals surface area contributed by atoms with E-state index in [1.165, 1.54) is 12.0 Å². The number of hydrogen-bond donors (Lipinski definition) is 1. The lowest BCUT2D eigenvalue weighted by Crippen LogP contribution is -2.29. The van der Waals surface area contributed by atoms with E-state index in [1.807, 2.05) is 6.07 Å². The van der Waals surface area contributed by atoms with Crippen molar-refractivity contribution in [3.8, 4) is 5.75 Å². The van der Waals surface area contributed by atoms with E-state index >= 15 is 0 Å². The molecule has 1 N–H and O–H groups in total. The van der Waals surface area contributed by atoms with Gasteiger partial charge in [-0.05, 0) is 50.6 Å². The molecule has 1 aromatic carbocycles. The highest BCUT2D eigenvalue weighted by molar-refractivity contribution is 7.17. The van der Waals surface area contributed by atoms with E-state index in [1.54, 1.807) is 67.8 Å². The monoisotopic (exact) mass is 532 g/mol. The highest BCUT2D eigenvalue weighted by Gasteiger charge is 2.49. The van der Waals surface area contributed by atoms with Crippen molar-refractivity contribution in [1.82, 2.24) is 14.4 Å². The Morgan fingerprint density at radius 3 is 2.63 bits per heavy atom. The van der Waals surface area contributed by atoms with Gasteiger partial charge in [-0.1, -0.05) is 29.5 Å². The molecule has 0 radical (unpaired) electrons. The van der Waals surface area contributed by atoms with Gasteiger partial charge in [-0.25, -0.2) is 14.8 Å². The molecule has 11 heteroatoms. The van der Waals surface area contributed by atoms with E-state index < -0.39 is 23.7 Å². The lowest BCUT2D eigenvalue weighted by Gasteiger charge is -2.23. The van der Waals surface area contributed by atoms with Gasteiger partial charge in [-0.2, -0.15) is 0 Å². The summed E-state index contributed by atoms with van der Waals surface area (Å²) in [6, 6.07) is 11.2. The number of fused-ring (bicyclic) bond motifs is 1. The molecule has 1 unspecified atom stereocenters. The van der Waals surface area contributed by atoms with Crippen LogP contribution in [0.2, 0.25) is 0 Å². The zero-order valence-corrected chi connectivity index (χ0v) is 21.9. The number of aromatic nitrogens is 3. The van der Waals surface area contributed by atoms with Gasteiger partial charge in [0.05, 0.1) is 36.7 Å². The molecule has 10 nitrogen and oxygen atoms in total. The summed E-state index contributed by atoms with van der Waals surface area (Å²) in [4.78, 5) is 49.9. The fourth-order valence-corrected chi connectivity index (χ4v) is 5.54. The van der Waals surface area contributed by atoms with E-state index in [9.17, 15) is 19.5 Å². The van der Waals surface area contributed by atoms with E-state index in [2.05, 4.69) is 9.97 Å². The summed E-state index contributed by atoms with van der Waals surface area (Å²) in [5, 5.41) is 11.7. The number of Topliss-reactive ketones (excluding diaryl/α,β-unsaturated/α-hetero) is 1. The number of methoxy groups -OCH3 is 1. The molecular weight excluding hydrogens is 508 g/mol. The summed E-state index contributed by atoms with van der Waals surface area (Å²) in [5.41, 5.74) is 2.12. The second kappa shape index (κ2) is 9.75. The maximum absolute atomic E-state index is 13.6. The first-order chi connectivity index (χ1) is 18.3. The van der Waals surface area contributed by atoms with Crippen molar-refractivity contribution in [1.29, 1.82) is 0 Å². The maximum Gasteiger partial charge on any atom is 0.350 e. The number of imidazole rings is 1. The average molecular weight is 533 g/mol. The number of amides is 1. The number of pyridine rings is 1. The summed E-state index contributed by atoms with van der Waals surface area (Å²) < 4.78 is 12.2. The largest absolute Gasteiger partial charge is 0.505 e. The molecule has 0 saturated carbocycles. The Bertz CT molecular complexity index is 1640. The van der Waals surface area contributed by atoms with Gasteiger partial charge in [0.1, 0.15) is 22.0 Å². The number of aryl methyl sites for hydroxylation is 2. The van der Waals surface area contributed by atoms with Gasteiger partial charge in [0.15, 0.2) is 10.9 Å². The van der Waals surface area contributed by atoms with Gasteiger partial charge in [-0.3, -0.25) is 18.9 Å². The number of anilines is 1. The van der Waals surface area contributed by atoms with Crippen molar-refractivity contribution in [2.75, 3.05) is 18.6 Å². The fourth-order valence-electron chi connectivity index (χ4n) is 4.55. The zero-order chi connectivity index (χ0) is 27.1. The molecule has 0 bridgehead atoms. The van der Waals surface area contributed by atoms with Crippen LogP contribution in [0.4, 0.5) is 5.13 Å². The smallest absolute Gasteiger partial charge is 0.350 e. The van der Waals surface area contributed by atoms with Crippen molar-refractivity contribution >= 4 is 45.5 Å². The highest BCUT2D eigenvalue weighted by atomic mass is 32.1. The predicted molar refractivity (Wildman–Crippen MR) is 141 cm³/mol. The van der Waals surface area contributed by atoms with Crippen LogP contribution in [0.5, 0.6) is 5.75 Å². The quantitative estimate of drug-likeness (QED) is 0.169. The van der Waals surface area contributed by atoms with Gasteiger partial charge in [0.2, 0.25) is 0 Å². The van der Waals surface area contributed by atoms with Gasteiger partial charge in [0.25, 0.3) is 5.78 Å². The van der Waals surface area contributed by atoms with Crippen LogP contribution in [0.1, 0.15) is 45.3 Å². The number of benzene rings is 1. The van der Waals surface area contributed by atoms with E-state index in [0.29, 0.717) is 34.0 Å². The number of nitrogens with zero attached hydrogens (tertiary/aromatic N) is 4. The molecule has 1 aliphatic heterocycles. The molecule has 38 heavy (non-hydrogen) atoms. The third-order valence-electron chi connectivity index (χ3n) is 6.23. The van der Waals surface area contributed by atoms with Crippen LogP contribution < -0.4 is 9.64 Å². The summed E-state index contributed by atoms with van der Waals surface area (Å²) in [5.74, 6) is -2.19. The third-order valence-corrected chi connectivity index (χ3v) is 7.37. The van der Waals surface area contributed by atoms with Crippen LogP contribution in [0, 0.1) is 13.8 Å². The zero-order valence-electron chi connectivity index (χ0n) is 21.1. The standard InChI is InChI=1S/C27H24N4O6S/c1-5-37-26(35)24-15(3)29-27(38-24)31-21(16-9-8-10-17(13-16)36-4)19(23(33)25(31)34)22(32)20-14(2)28-18-11-6-7-12-30(18)20/h6-13,21,32H,5H2,1-4H3. The van der Waals surface area contributed by atoms with Crippen molar-refractivity contribution in [2.24, 2.45) is 0 Å². The second-order valence-corrected chi connectivity index (χ2v) is 9.53. The van der Waals surface area contributed by atoms with Crippen molar-refractivity contribution < 1.29 is 29.0 Å². The van der Waals surface area contributed by atoms with Gasteiger partial charge >= 0.3 is 11.9 Å². The van der Waals surface area contributed by atoms with Gasteiger partial charge in [-0.15, -0.1) is 0 Å². The molecule has 1 fully saturated rings. The summed E-state index contributed by atoms with van der Waals surface area (Å²) in [6.45, 7) is 5.22. The molecule has 1 atom stereocenters. The lowest BCUT2D eigenvalue weighted by atomic mass is 9.96. The Morgan fingerprint density at radius 2 is 1.89 bits per heavy atom. The minimum Gasteiger partial charge on any atom is -0.505 e. The number of carbonyl (C=O) groups excluding carboxylic acids is 3. The molecule has 0 aliphatic carbocycles. The first-order valence-corrected chi connectivity index (χ1v) is 12.6. The number of aliphatic hydroxyl groups excluding tert-OH is 1. The average Bonchev–Trinajstić information content (AvgIpc) is 3.54. The first-order valence-electron chi connectivity index (χ1n) is 11.8. The molecule has 3 aromatic heterocycles. The number of esters is 1. The van der Waals surface area contributed by atoms with Crippen LogP contribution in [0.3, 0.4) is 0 Å². The highest BCUT2D eigenvalue weighted by Crippen LogP contribution is 2.44. The summed E-state index contributed by atoms with van der Waals surface area (Å²) >= 11 is 0.950. The molecular formula is C27H24N4O6S. The Labute approximate surface area is 221 Å². The Hall–Kier alpha value is -4.51. The molecule has 4 aromatic rings. The van der Waals surface area contributed by atoms with Crippen molar-refractivity contribution in [3.63, 3.8) is 0 Å². The number of thiazole rings is 1. The van der Waals surface area contributed by atoms with E-state index in [4.69, 9.17) is 9.47 Å². The van der Waals surface area contributed by atoms with Crippen molar-refractivity contribution in [3.05, 3.63) is 81.8 Å². The lowest BCUT2D eigenvalue weighted by molar-refractivity contribution is -0.132. The third kappa shape index (κ3) is 4.01. The second-order valence-electron chi connectivity index (χ2n) is 8.55. The van der Waals surface area contributed by atoms with Crippen LogP contribution in [-0.4, -0.2) is 50.9 Å². The number of ether oxygens (including phenoxy) is 2. The van der Waals surface area contributed by atoms with Crippen LogP contribution in [-0.2, 0) is 14.3 Å². The Morgan fingerprint density at radius 1 is 1.11 bits per heavy atom. The van der Waals surface area contributed by atoms with Crippen LogP contribution in [0.25, 0.3) is 11.4 Å². The molecule has 5 rings (SSSR count). The Kier molecular flexibility index (Phi) is 6.45. The number of ketones is 1. The van der Waals surface area contributed by atoms with Crippen LogP contribution in [0.15, 0.2) is 54.2 Å². The number of rotatable bonds is 6. The molecule has 4 heterocycles. The number of hydrogen-bond acceptors (Lipinski definition) is 9. The molecule has 0 spiro atoms. The summed E-state index contributed by atoms with van der Waals surface area (Å²) in [6.07, 6.45) is 1.72. The minimum atomic E-state index is -1.04. The van der Waals surface area contributed by atoms with Crippen LogP contribution >= 0.6 is 11.3 Å². The SMILES string of the molecule is CCOC(=O)c1sc(N2C(=O)C(=O)C(=C(O)c3c(C)nc4ccccn34)C2c2cccc(OC)c2)nc1C. The molecule has 194 valence electrons. The molecule has 1 saturated heterocycles.